The number of para-hydroxylation sites is 1. The van der Waals surface area contributed by atoms with E-state index in [9.17, 15) is 4.79 Å². The summed E-state index contributed by atoms with van der Waals surface area (Å²) in [6.07, 6.45) is 4.96. The van der Waals surface area contributed by atoms with Gasteiger partial charge in [-0.3, -0.25) is 9.69 Å². The number of carbonyl (C=O) groups is 1. The Morgan fingerprint density at radius 3 is 2.37 bits per heavy atom. The monoisotopic (exact) mass is 363 g/mol. The summed E-state index contributed by atoms with van der Waals surface area (Å²) < 4.78 is 0. The fraction of sp³-hybridized carbons (Fsp3) is 0.348. The molecule has 0 atom stereocenters. The van der Waals surface area contributed by atoms with Crippen molar-refractivity contribution in [3.05, 3.63) is 71.8 Å². The first kappa shape index (κ1) is 19.3. The van der Waals surface area contributed by atoms with Gasteiger partial charge in [0, 0.05) is 51.4 Å². The van der Waals surface area contributed by atoms with E-state index in [4.69, 9.17) is 0 Å². The van der Waals surface area contributed by atoms with Gasteiger partial charge in [0.25, 0.3) is 0 Å². The Morgan fingerprint density at radius 2 is 1.63 bits per heavy atom. The number of benzene rings is 2. The van der Waals surface area contributed by atoms with Gasteiger partial charge in [-0.1, -0.05) is 60.7 Å². The SMILES string of the molecule is Cc1ccccc1NC(=O)CCN1CCN(CC=Cc2ccccc2)CC1. The van der Waals surface area contributed by atoms with Gasteiger partial charge < -0.3 is 10.2 Å². The van der Waals surface area contributed by atoms with Crippen LogP contribution in [-0.2, 0) is 4.79 Å². The van der Waals surface area contributed by atoms with Gasteiger partial charge in [-0.15, -0.1) is 0 Å². The lowest BCUT2D eigenvalue weighted by molar-refractivity contribution is -0.116. The summed E-state index contributed by atoms with van der Waals surface area (Å²) in [6.45, 7) is 7.98. The summed E-state index contributed by atoms with van der Waals surface area (Å²) in [5.74, 6) is 0.0949. The van der Waals surface area contributed by atoms with Crippen LogP contribution in [0.5, 0.6) is 0 Å². The first-order valence-electron chi connectivity index (χ1n) is 9.72. The number of hydrogen-bond acceptors (Lipinski definition) is 3. The molecule has 4 heteroatoms. The minimum atomic E-state index is 0.0949. The summed E-state index contributed by atoms with van der Waals surface area (Å²) in [5, 5.41) is 3.02. The molecule has 0 bridgehead atoms. The molecule has 142 valence electrons. The second-order valence-electron chi connectivity index (χ2n) is 7.07. The maximum Gasteiger partial charge on any atom is 0.225 e. The van der Waals surface area contributed by atoms with Gasteiger partial charge in [0.05, 0.1) is 0 Å². The highest BCUT2D eigenvalue weighted by molar-refractivity contribution is 5.91. The molecule has 1 amide bonds. The fourth-order valence-electron chi connectivity index (χ4n) is 3.28. The highest BCUT2D eigenvalue weighted by Crippen LogP contribution is 2.13. The zero-order valence-electron chi connectivity index (χ0n) is 16.1. The van der Waals surface area contributed by atoms with Crippen molar-refractivity contribution in [2.45, 2.75) is 13.3 Å². The van der Waals surface area contributed by atoms with Crippen LogP contribution in [0.1, 0.15) is 17.5 Å². The predicted octanol–water partition coefficient (Wildman–Crippen LogP) is 3.65. The van der Waals surface area contributed by atoms with E-state index < -0.39 is 0 Å². The first-order chi connectivity index (χ1) is 13.2. The average Bonchev–Trinajstić information content (AvgIpc) is 2.70. The summed E-state index contributed by atoms with van der Waals surface area (Å²) >= 11 is 0. The van der Waals surface area contributed by atoms with Crippen LogP contribution < -0.4 is 5.32 Å². The van der Waals surface area contributed by atoms with Crippen molar-refractivity contribution in [3.8, 4) is 0 Å². The molecule has 1 fully saturated rings. The van der Waals surface area contributed by atoms with E-state index >= 15 is 0 Å². The molecule has 1 saturated heterocycles. The smallest absolute Gasteiger partial charge is 0.225 e. The standard InChI is InChI=1S/C23H29N3O/c1-20-8-5-6-12-22(20)24-23(27)13-15-26-18-16-25(17-19-26)14-7-11-21-9-3-2-4-10-21/h2-12H,13-19H2,1H3,(H,24,27). The highest BCUT2D eigenvalue weighted by atomic mass is 16.1. The van der Waals surface area contributed by atoms with Crippen molar-refractivity contribution in [1.29, 1.82) is 0 Å². The molecular formula is C23H29N3O. The van der Waals surface area contributed by atoms with E-state index in [2.05, 4.69) is 51.5 Å². The van der Waals surface area contributed by atoms with Crippen LogP contribution >= 0.6 is 0 Å². The second-order valence-corrected chi connectivity index (χ2v) is 7.07. The molecule has 1 heterocycles. The average molecular weight is 364 g/mol. The highest BCUT2D eigenvalue weighted by Gasteiger charge is 2.16. The normalized spacial score (nSPS) is 15.9. The summed E-state index contributed by atoms with van der Waals surface area (Å²) in [7, 11) is 0. The second kappa shape index (κ2) is 10.0. The molecule has 3 rings (SSSR count). The van der Waals surface area contributed by atoms with Gasteiger partial charge in [-0.05, 0) is 24.1 Å². The van der Waals surface area contributed by atoms with E-state index in [-0.39, 0.29) is 5.91 Å². The Labute approximate surface area is 162 Å². The molecule has 2 aromatic rings. The van der Waals surface area contributed by atoms with Crippen molar-refractivity contribution in [1.82, 2.24) is 9.80 Å². The van der Waals surface area contributed by atoms with E-state index in [1.165, 1.54) is 5.56 Å². The lowest BCUT2D eigenvalue weighted by Crippen LogP contribution is -2.46. The molecule has 0 aliphatic carbocycles. The van der Waals surface area contributed by atoms with Gasteiger partial charge in [0.2, 0.25) is 5.91 Å². The minimum Gasteiger partial charge on any atom is -0.326 e. The molecule has 1 aliphatic rings. The van der Waals surface area contributed by atoms with Crippen molar-refractivity contribution in [2.75, 3.05) is 44.6 Å². The van der Waals surface area contributed by atoms with Crippen LogP contribution in [0, 0.1) is 6.92 Å². The number of nitrogens with one attached hydrogen (secondary N) is 1. The zero-order chi connectivity index (χ0) is 18.9. The van der Waals surface area contributed by atoms with Crippen molar-refractivity contribution >= 4 is 17.7 Å². The predicted molar refractivity (Wildman–Crippen MR) is 113 cm³/mol. The number of piperazine rings is 1. The van der Waals surface area contributed by atoms with Crippen LogP contribution in [0.25, 0.3) is 6.08 Å². The summed E-state index contributed by atoms with van der Waals surface area (Å²) in [5.41, 5.74) is 3.26. The van der Waals surface area contributed by atoms with E-state index in [1.54, 1.807) is 0 Å². The van der Waals surface area contributed by atoms with Crippen molar-refractivity contribution < 1.29 is 4.79 Å². The van der Waals surface area contributed by atoms with Crippen LogP contribution in [0.15, 0.2) is 60.7 Å². The number of carbonyl (C=O) groups excluding carboxylic acids is 1. The number of hydrogen-bond donors (Lipinski definition) is 1. The Kier molecular flexibility index (Phi) is 7.19. The number of anilines is 1. The number of rotatable bonds is 7. The van der Waals surface area contributed by atoms with Crippen molar-refractivity contribution in [2.24, 2.45) is 0 Å². The van der Waals surface area contributed by atoms with E-state index in [0.29, 0.717) is 6.42 Å². The topological polar surface area (TPSA) is 35.6 Å². The first-order valence-corrected chi connectivity index (χ1v) is 9.72. The summed E-state index contributed by atoms with van der Waals surface area (Å²) in [4.78, 5) is 17.0. The molecule has 2 aromatic carbocycles. The zero-order valence-corrected chi connectivity index (χ0v) is 16.1. The van der Waals surface area contributed by atoms with E-state index in [0.717, 1.165) is 50.5 Å². The fourth-order valence-corrected chi connectivity index (χ4v) is 3.28. The van der Waals surface area contributed by atoms with E-state index in [1.807, 2.05) is 37.3 Å². The quantitative estimate of drug-likeness (QED) is 0.815. The Bertz CT molecular complexity index is 749. The molecule has 27 heavy (non-hydrogen) atoms. The van der Waals surface area contributed by atoms with Gasteiger partial charge in [0.1, 0.15) is 0 Å². The lowest BCUT2D eigenvalue weighted by Gasteiger charge is -2.34. The minimum absolute atomic E-state index is 0.0949. The Hall–Kier alpha value is -2.43. The Morgan fingerprint density at radius 1 is 0.963 bits per heavy atom. The molecule has 1 N–H and O–H groups in total. The maximum absolute atomic E-state index is 12.2. The van der Waals surface area contributed by atoms with Gasteiger partial charge in [0.15, 0.2) is 0 Å². The third kappa shape index (κ3) is 6.35. The van der Waals surface area contributed by atoms with Gasteiger partial charge >= 0.3 is 0 Å². The molecule has 1 aliphatic heterocycles. The maximum atomic E-state index is 12.2. The number of amides is 1. The van der Waals surface area contributed by atoms with Crippen LogP contribution in [0.4, 0.5) is 5.69 Å². The molecule has 0 aromatic heterocycles. The molecule has 4 nitrogen and oxygen atoms in total. The molecule has 0 spiro atoms. The molecular weight excluding hydrogens is 334 g/mol. The summed E-state index contributed by atoms with van der Waals surface area (Å²) in [6, 6.07) is 18.3. The lowest BCUT2D eigenvalue weighted by atomic mass is 10.2. The van der Waals surface area contributed by atoms with Crippen molar-refractivity contribution in [3.63, 3.8) is 0 Å². The van der Waals surface area contributed by atoms with Gasteiger partial charge in [-0.25, -0.2) is 0 Å². The van der Waals surface area contributed by atoms with Crippen LogP contribution in [-0.4, -0.2) is 55.0 Å². The molecule has 0 saturated carbocycles. The van der Waals surface area contributed by atoms with Gasteiger partial charge in [-0.2, -0.15) is 0 Å². The largest absolute Gasteiger partial charge is 0.326 e. The molecule has 0 radical (unpaired) electrons. The number of aryl methyl sites for hydroxylation is 1. The number of nitrogens with zero attached hydrogens (tertiary/aromatic N) is 2. The third-order valence-electron chi connectivity index (χ3n) is 5.01. The molecule has 0 unspecified atom stereocenters. The third-order valence-corrected chi connectivity index (χ3v) is 5.01. The Balaban J connectivity index is 1.34. The van der Waals surface area contributed by atoms with Crippen LogP contribution in [0.2, 0.25) is 0 Å². The van der Waals surface area contributed by atoms with Crippen LogP contribution in [0.3, 0.4) is 0 Å².